The van der Waals surface area contributed by atoms with E-state index in [9.17, 15) is 4.39 Å². The molecule has 0 aliphatic heterocycles. The number of benzene rings is 1. The molecule has 0 bridgehead atoms. The Morgan fingerprint density at radius 3 is 2.75 bits per heavy atom. The summed E-state index contributed by atoms with van der Waals surface area (Å²) >= 11 is 0. The predicted molar refractivity (Wildman–Crippen MR) is 77.6 cm³/mol. The lowest BCUT2D eigenvalue weighted by Gasteiger charge is -2.11. The van der Waals surface area contributed by atoms with Crippen LogP contribution in [-0.4, -0.2) is 11.5 Å². The molecule has 2 N–H and O–H groups in total. The van der Waals surface area contributed by atoms with Gasteiger partial charge in [0.05, 0.1) is 5.69 Å². The monoisotopic (exact) mass is 274 g/mol. The highest BCUT2D eigenvalue weighted by Gasteiger charge is 2.07. The van der Waals surface area contributed by atoms with E-state index in [2.05, 4.69) is 4.98 Å². The largest absolute Gasteiger partial charge is 0.455 e. The second-order valence-corrected chi connectivity index (χ2v) is 4.69. The molecule has 1 aromatic heterocycles. The summed E-state index contributed by atoms with van der Waals surface area (Å²) in [5.74, 6) is 0.834. The van der Waals surface area contributed by atoms with Gasteiger partial charge in [-0.25, -0.2) is 4.39 Å². The number of hydrogen-bond donors (Lipinski definition) is 1. The molecule has 20 heavy (non-hydrogen) atoms. The van der Waals surface area contributed by atoms with Crippen molar-refractivity contribution in [2.24, 2.45) is 5.73 Å². The highest BCUT2D eigenvalue weighted by atomic mass is 19.1. The minimum atomic E-state index is -0.316. The van der Waals surface area contributed by atoms with Crippen LogP contribution < -0.4 is 10.5 Å². The Hall–Kier alpha value is -1.94. The van der Waals surface area contributed by atoms with Crippen molar-refractivity contribution in [3.63, 3.8) is 0 Å². The molecular formula is C16H19FN2O. The molecule has 1 aromatic carbocycles. The lowest BCUT2D eigenvalue weighted by molar-refractivity contribution is 0.466. The topological polar surface area (TPSA) is 48.1 Å². The molecule has 0 atom stereocenters. The Bertz CT molecular complexity index is 599. The van der Waals surface area contributed by atoms with Gasteiger partial charge in [-0.1, -0.05) is 6.92 Å². The fraction of sp³-hybridized carbons (Fsp3) is 0.312. The van der Waals surface area contributed by atoms with E-state index in [0.717, 1.165) is 23.4 Å². The number of aromatic nitrogens is 1. The number of halogens is 1. The predicted octanol–water partition coefficient (Wildman–Crippen LogP) is 3.39. The maximum Gasteiger partial charge on any atom is 0.148 e. The molecule has 0 radical (unpaired) electrons. The van der Waals surface area contributed by atoms with Crippen LogP contribution in [-0.2, 0) is 12.8 Å². The highest BCUT2D eigenvalue weighted by Crippen LogP contribution is 2.26. The maximum atomic E-state index is 13.6. The Morgan fingerprint density at radius 2 is 2.05 bits per heavy atom. The van der Waals surface area contributed by atoms with E-state index in [-0.39, 0.29) is 5.82 Å². The quantitative estimate of drug-likeness (QED) is 0.909. The molecule has 0 saturated carbocycles. The van der Waals surface area contributed by atoms with Gasteiger partial charge in [0.25, 0.3) is 0 Å². The number of nitrogens with two attached hydrogens (primary N) is 1. The molecule has 0 saturated heterocycles. The van der Waals surface area contributed by atoms with Crippen LogP contribution in [0, 0.1) is 12.7 Å². The average Bonchev–Trinajstić information content (AvgIpc) is 2.40. The fourth-order valence-corrected chi connectivity index (χ4v) is 2.06. The van der Waals surface area contributed by atoms with E-state index < -0.39 is 0 Å². The first-order valence-electron chi connectivity index (χ1n) is 6.76. The van der Waals surface area contributed by atoms with Crippen LogP contribution in [0.5, 0.6) is 11.5 Å². The molecule has 2 aromatic rings. The van der Waals surface area contributed by atoms with Crippen molar-refractivity contribution in [2.75, 3.05) is 6.54 Å². The first-order chi connectivity index (χ1) is 9.62. The van der Waals surface area contributed by atoms with Crippen LogP contribution in [0.15, 0.2) is 30.3 Å². The Morgan fingerprint density at radius 1 is 1.25 bits per heavy atom. The highest BCUT2D eigenvalue weighted by molar-refractivity contribution is 5.37. The van der Waals surface area contributed by atoms with Crippen molar-refractivity contribution in [1.82, 2.24) is 4.98 Å². The van der Waals surface area contributed by atoms with Gasteiger partial charge in [-0.2, -0.15) is 0 Å². The zero-order chi connectivity index (χ0) is 14.5. The van der Waals surface area contributed by atoms with Crippen molar-refractivity contribution in [1.29, 1.82) is 0 Å². The van der Waals surface area contributed by atoms with E-state index in [1.54, 1.807) is 0 Å². The van der Waals surface area contributed by atoms with E-state index in [4.69, 9.17) is 10.5 Å². The van der Waals surface area contributed by atoms with Crippen LogP contribution in [0.4, 0.5) is 4.39 Å². The van der Waals surface area contributed by atoms with Gasteiger partial charge in [0.2, 0.25) is 0 Å². The van der Waals surface area contributed by atoms with E-state index in [0.29, 0.717) is 24.5 Å². The zero-order valence-corrected chi connectivity index (χ0v) is 11.8. The summed E-state index contributed by atoms with van der Waals surface area (Å²) in [6.07, 6.45) is 1.39. The summed E-state index contributed by atoms with van der Waals surface area (Å²) in [4.78, 5) is 4.43. The summed E-state index contributed by atoms with van der Waals surface area (Å²) in [5, 5.41) is 0. The Balaban J connectivity index is 2.29. The first kappa shape index (κ1) is 14.5. The molecule has 106 valence electrons. The second-order valence-electron chi connectivity index (χ2n) is 4.69. The SMILES string of the molecule is CCc1nc(C)ccc1Oc1cc(F)cc(CCN)c1. The van der Waals surface area contributed by atoms with Gasteiger partial charge < -0.3 is 10.5 Å². The lowest BCUT2D eigenvalue weighted by Crippen LogP contribution is -2.03. The fourth-order valence-electron chi connectivity index (χ4n) is 2.06. The third kappa shape index (κ3) is 3.54. The van der Waals surface area contributed by atoms with Crippen LogP contribution in [0.2, 0.25) is 0 Å². The van der Waals surface area contributed by atoms with E-state index >= 15 is 0 Å². The number of nitrogens with zero attached hydrogens (tertiary/aromatic N) is 1. The van der Waals surface area contributed by atoms with Gasteiger partial charge in [0, 0.05) is 11.8 Å². The molecule has 0 spiro atoms. The van der Waals surface area contributed by atoms with E-state index in [1.807, 2.05) is 32.0 Å². The summed E-state index contributed by atoms with van der Waals surface area (Å²) in [6.45, 7) is 4.43. The average molecular weight is 274 g/mol. The van der Waals surface area contributed by atoms with Crippen molar-refractivity contribution < 1.29 is 9.13 Å². The molecule has 4 heteroatoms. The minimum Gasteiger partial charge on any atom is -0.455 e. The second kappa shape index (κ2) is 6.48. The molecule has 1 heterocycles. The van der Waals surface area contributed by atoms with Gasteiger partial charge >= 0.3 is 0 Å². The number of hydrogen-bond acceptors (Lipinski definition) is 3. The number of aryl methyl sites for hydroxylation is 2. The molecule has 0 amide bonds. The third-order valence-electron chi connectivity index (χ3n) is 3.00. The Kier molecular flexibility index (Phi) is 4.69. The van der Waals surface area contributed by atoms with Crippen molar-refractivity contribution >= 4 is 0 Å². The lowest BCUT2D eigenvalue weighted by atomic mass is 10.1. The van der Waals surface area contributed by atoms with Gasteiger partial charge in [-0.05, 0) is 56.1 Å². The summed E-state index contributed by atoms with van der Waals surface area (Å²) in [7, 11) is 0. The summed E-state index contributed by atoms with van der Waals surface area (Å²) in [5.41, 5.74) is 8.15. The van der Waals surface area contributed by atoms with Crippen LogP contribution in [0.1, 0.15) is 23.9 Å². The van der Waals surface area contributed by atoms with Crippen molar-refractivity contribution in [2.45, 2.75) is 26.7 Å². The molecule has 0 aliphatic rings. The van der Waals surface area contributed by atoms with Gasteiger partial charge in [-0.15, -0.1) is 0 Å². The zero-order valence-electron chi connectivity index (χ0n) is 11.8. The normalized spacial score (nSPS) is 10.6. The molecule has 2 rings (SSSR count). The molecular weight excluding hydrogens is 255 g/mol. The third-order valence-corrected chi connectivity index (χ3v) is 3.00. The maximum absolute atomic E-state index is 13.6. The Labute approximate surface area is 118 Å². The molecule has 0 unspecified atom stereocenters. The van der Waals surface area contributed by atoms with Gasteiger partial charge in [0.15, 0.2) is 0 Å². The first-order valence-corrected chi connectivity index (χ1v) is 6.76. The number of ether oxygens (including phenoxy) is 1. The van der Waals surface area contributed by atoms with Crippen molar-refractivity contribution in [3.8, 4) is 11.5 Å². The minimum absolute atomic E-state index is 0.316. The van der Waals surface area contributed by atoms with Gasteiger partial charge in [0.1, 0.15) is 17.3 Å². The smallest absolute Gasteiger partial charge is 0.148 e. The summed E-state index contributed by atoms with van der Waals surface area (Å²) < 4.78 is 19.3. The van der Waals surface area contributed by atoms with Crippen LogP contribution in [0.25, 0.3) is 0 Å². The standard InChI is InChI=1S/C16H19FN2O/c1-3-15-16(5-4-11(2)19-15)20-14-9-12(6-7-18)8-13(17)10-14/h4-5,8-10H,3,6-7,18H2,1-2H3. The van der Waals surface area contributed by atoms with Crippen LogP contribution in [0.3, 0.4) is 0 Å². The van der Waals surface area contributed by atoms with E-state index in [1.165, 1.54) is 12.1 Å². The van der Waals surface area contributed by atoms with Crippen molar-refractivity contribution in [3.05, 3.63) is 53.1 Å². The molecule has 0 aliphatic carbocycles. The number of pyridine rings is 1. The number of rotatable bonds is 5. The van der Waals surface area contributed by atoms with Gasteiger partial charge in [-0.3, -0.25) is 4.98 Å². The molecule has 3 nitrogen and oxygen atoms in total. The summed E-state index contributed by atoms with van der Waals surface area (Å²) in [6, 6.07) is 8.42. The molecule has 0 fully saturated rings. The van der Waals surface area contributed by atoms with Crippen LogP contribution >= 0.6 is 0 Å².